The minimum Gasteiger partial charge on any atom is -0.497 e. The molecular weight excluding hydrogens is 340 g/mol. The number of methoxy groups -OCH3 is 1. The number of fused-ring (bicyclic) bond motifs is 1. The first kappa shape index (κ1) is 16.4. The second-order valence-corrected chi connectivity index (χ2v) is 8.12. The highest BCUT2D eigenvalue weighted by molar-refractivity contribution is 5.70. The lowest BCUT2D eigenvalue weighted by atomic mass is 9.72. The largest absolute Gasteiger partial charge is 0.497 e. The summed E-state index contributed by atoms with van der Waals surface area (Å²) in [5, 5.41) is 12.9. The van der Waals surface area contributed by atoms with E-state index in [9.17, 15) is 0 Å². The molecule has 5 rings (SSSR count). The van der Waals surface area contributed by atoms with E-state index in [-0.39, 0.29) is 0 Å². The minimum atomic E-state index is 0.375. The van der Waals surface area contributed by atoms with Crippen LogP contribution in [0.2, 0.25) is 0 Å². The zero-order chi connectivity index (χ0) is 18.6. The van der Waals surface area contributed by atoms with E-state index in [1.165, 1.54) is 5.69 Å². The third-order valence-corrected chi connectivity index (χ3v) is 5.74. The molecule has 0 N–H and O–H groups in total. The number of nitrogens with zero attached hydrogens (tertiary/aromatic N) is 6. The highest BCUT2D eigenvalue weighted by Crippen LogP contribution is 2.44. The summed E-state index contributed by atoms with van der Waals surface area (Å²) in [5.41, 5.74) is 4.73. The fraction of sp³-hybridized carbons (Fsp3) is 0.450. The molecule has 27 heavy (non-hydrogen) atoms. The Kier molecular flexibility index (Phi) is 3.54. The predicted octanol–water partition coefficient (Wildman–Crippen LogP) is 2.58. The summed E-state index contributed by atoms with van der Waals surface area (Å²) >= 11 is 0. The van der Waals surface area contributed by atoms with E-state index in [0.717, 1.165) is 49.0 Å². The molecular formula is C20H24N6O. The van der Waals surface area contributed by atoms with Crippen LogP contribution < -0.4 is 14.5 Å². The van der Waals surface area contributed by atoms with Gasteiger partial charge in [0.25, 0.3) is 0 Å². The average Bonchev–Trinajstić information content (AvgIpc) is 3.08. The Morgan fingerprint density at radius 3 is 2.41 bits per heavy atom. The second-order valence-electron chi connectivity index (χ2n) is 8.12. The molecule has 2 aliphatic rings. The number of hydrogen-bond donors (Lipinski definition) is 0. The number of aromatic nitrogens is 4. The molecule has 7 heteroatoms. The van der Waals surface area contributed by atoms with Crippen molar-refractivity contribution in [1.82, 2.24) is 19.8 Å². The van der Waals surface area contributed by atoms with Gasteiger partial charge in [-0.2, -0.15) is 9.61 Å². The Morgan fingerprint density at radius 1 is 1.04 bits per heavy atom. The van der Waals surface area contributed by atoms with Crippen molar-refractivity contribution in [2.24, 2.45) is 5.41 Å². The molecule has 2 aromatic heterocycles. The zero-order valence-electron chi connectivity index (χ0n) is 16.0. The molecule has 2 aliphatic heterocycles. The average molecular weight is 364 g/mol. The zero-order valence-corrected chi connectivity index (χ0v) is 16.0. The minimum absolute atomic E-state index is 0.375. The number of ether oxygens (including phenoxy) is 1. The lowest BCUT2D eigenvalue weighted by Crippen LogP contribution is -2.72. The van der Waals surface area contributed by atoms with Gasteiger partial charge in [0, 0.05) is 37.3 Å². The topological polar surface area (TPSA) is 58.8 Å². The molecule has 0 saturated carbocycles. The predicted molar refractivity (Wildman–Crippen MR) is 105 cm³/mol. The molecule has 0 bridgehead atoms. The molecule has 1 spiro atoms. The van der Waals surface area contributed by atoms with Crippen molar-refractivity contribution in [2.75, 3.05) is 43.1 Å². The molecule has 2 fully saturated rings. The number of anilines is 2. The fourth-order valence-corrected chi connectivity index (χ4v) is 4.22. The standard InChI is InChI=1S/C20H24N6O/c1-14(2)17-8-18(19-22-21-13-26(19)23-17)25-11-20(12-25)9-24(10-20)15-4-6-16(27-3)7-5-15/h4-8,13-14H,9-12H2,1-3H3. The maximum atomic E-state index is 5.25. The van der Waals surface area contributed by atoms with E-state index >= 15 is 0 Å². The molecule has 1 aromatic carbocycles. The maximum absolute atomic E-state index is 5.25. The van der Waals surface area contributed by atoms with Crippen LogP contribution in [0.15, 0.2) is 36.7 Å². The van der Waals surface area contributed by atoms with Crippen molar-refractivity contribution < 1.29 is 4.74 Å². The second kappa shape index (κ2) is 5.84. The van der Waals surface area contributed by atoms with Crippen molar-refractivity contribution in [3.8, 4) is 5.75 Å². The molecule has 0 aliphatic carbocycles. The highest BCUT2D eigenvalue weighted by Gasteiger charge is 2.52. The summed E-state index contributed by atoms with van der Waals surface area (Å²) in [6.07, 6.45) is 1.69. The Balaban J connectivity index is 1.30. The number of hydrogen-bond acceptors (Lipinski definition) is 6. The Bertz CT molecular complexity index is 966. The monoisotopic (exact) mass is 364 g/mol. The van der Waals surface area contributed by atoms with Crippen LogP contribution in [0.1, 0.15) is 25.5 Å². The summed E-state index contributed by atoms with van der Waals surface area (Å²) < 4.78 is 7.05. The van der Waals surface area contributed by atoms with Crippen molar-refractivity contribution in [1.29, 1.82) is 0 Å². The van der Waals surface area contributed by atoms with E-state index in [1.54, 1.807) is 18.0 Å². The van der Waals surface area contributed by atoms with Crippen LogP contribution in [0.25, 0.3) is 5.65 Å². The van der Waals surface area contributed by atoms with Gasteiger partial charge in [0.05, 0.1) is 18.5 Å². The fourth-order valence-electron chi connectivity index (χ4n) is 4.22. The lowest BCUT2D eigenvalue weighted by molar-refractivity contribution is 0.157. The van der Waals surface area contributed by atoms with Gasteiger partial charge in [-0.05, 0) is 36.2 Å². The van der Waals surface area contributed by atoms with Gasteiger partial charge in [-0.25, -0.2) is 0 Å². The maximum Gasteiger partial charge on any atom is 0.200 e. The van der Waals surface area contributed by atoms with Gasteiger partial charge in [-0.1, -0.05) is 13.8 Å². The first-order valence-corrected chi connectivity index (χ1v) is 9.42. The summed E-state index contributed by atoms with van der Waals surface area (Å²) in [6, 6.07) is 10.5. The molecule has 0 unspecified atom stereocenters. The van der Waals surface area contributed by atoms with Gasteiger partial charge in [0.1, 0.15) is 12.1 Å². The van der Waals surface area contributed by atoms with E-state index in [0.29, 0.717) is 11.3 Å². The van der Waals surface area contributed by atoms with Crippen LogP contribution in [0, 0.1) is 5.41 Å². The first-order valence-electron chi connectivity index (χ1n) is 9.42. The third kappa shape index (κ3) is 2.60. The Labute approximate surface area is 158 Å². The quantitative estimate of drug-likeness (QED) is 0.709. The van der Waals surface area contributed by atoms with Gasteiger partial charge in [-0.3, -0.25) is 0 Å². The smallest absolute Gasteiger partial charge is 0.200 e. The van der Waals surface area contributed by atoms with E-state index in [1.807, 2.05) is 12.1 Å². The normalized spacial score (nSPS) is 18.1. The first-order chi connectivity index (χ1) is 13.1. The molecule has 0 amide bonds. The molecule has 2 saturated heterocycles. The molecule has 140 valence electrons. The molecule has 7 nitrogen and oxygen atoms in total. The lowest BCUT2D eigenvalue weighted by Gasteiger charge is -2.61. The molecule has 0 atom stereocenters. The number of benzene rings is 1. The summed E-state index contributed by atoms with van der Waals surface area (Å²) in [6.45, 7) is 8.65. The van der Waals surface area contributed by atoms with Crippen molar-refractivity contribution in [2.45, 2.75) is 19.8 Å². The van der Waals surface area contributed by atoms with Crippen LogP contribution >= 0.6 is 0 Å². The van der Waals surface area contributed by atoms with Gasteiger partial charge in [-0.15, -0.1) is 10.2 Å². The van der Waals surface area contributed by atoms with Crippen LogP contribution in [-0.4, -0.2) is 53.1 Å². The Hall–Kier alpha value is -2.83. The number of rotatable bonds is 4. The van der Waals surface area contributed by atoms with Crippen LogP contribution in [0.3, 0.4) is 0 Å². The molecule has 0 radical (unpaired) electrons. The summed E-state index contributed by atoms with van der Waals surface area (Å²) in [4.78, 5) is 4.86. The van der Waals surface area contributed by atoms with Crippen LogP contribution in [0.5, 0.6) is 5.75 Å². The SMILES string of the molecule is COc1ccc(N2CC3(C2)CN(c2cc(C(C)C)nn4cnnc24)C3)cc1. The third-order valence-electron chi connectivity index (χ3n) is 5.74. The summed E-state index contributed by atoms with van der Waals surface area (Å²) in [7, 11) is 1.70. The molecule has 3 aromatic rings. The van der Waals surface area contributed by atoms with Gasteiger partial charge in [0.2, 0.25) is 5.65 Å². The molecule has 4 heterocycles. The highest BCUT2D eigenvalue weighted by atomic mass is 16.5. The Morgan fingerprint density at radius 2 is 1.74 bits per heavy atom. The van der Waals surface area contributed by atoms with Gasteiger partial charge in [0.15, 0.2) is 0 Å². The van der Waals surface area contributed by atoms with E-state index in [4.69, 9.17) is 4.74 Å². The van der Waals surface area contributed by atoms with E-state index < -0.39 is 0 Å². The summed E-state index contributed by atoms with van der Waals surface area (Å²) in [5.74, 6) is 1.28. The van der Waals surface area contributed by atoms with Gasteiger partial charge >= 0.3 is 0 Å². The van der Waals surface area contributed by atoms with Crippen molar-refractivity contribution >= 4 is 17.0 Å². The van der Waals surface area contributed by atoms with Crippen molar-refractivity contribution in [3.63, 3.8) is 0 Å². The van der Waals surface area contributed by atoms with Gasteiger partial charge < -0.3 is 14.5 Å². The van der Waals surface area contributed by atoms with Crippen LogP contribution in [0.4, 0.5) is 11.4 Å². The van der Waals surface area contributed by atoms with E-state index in [2.05, 4.69) is 57.1 Å². The van der Waals surface area contributed by atoms with Crippen molar-refractivity contribution in [3.05, 3.63) is 42.4 Å². The van der Waals surface area contributed by atoms with Crippen LogP contribution in [-0.2, 0) is 0 Å².